The molecule has 0 spiro atoms. The summed E-state index contributed by atoms with van der Waals surface area (Å²) in [5.41, 5.74) is 7.72. The molecule has 0 fully saturated rings. The zero-order valence-electron chi connectivity index (χ0n) is 9.26. The van der Waals surface area contributed by atoms with Crippen molar-refractivity contribution in [3.63, 3.8) is 0 Å². The number of hydrogen-bond donors (Lipinski definition) is 1. The molecule has 2 N–H and O–H groups in total. The van der Waals surface area contributed by atoms with Gasteiger partial charge in [0, 0.05) is 14.9 Å². The standard InChI is InChI=1S/C13H9BrN2OS/c14-9-4-1-3-8(7-9)12-11(13(15)16-17-12)10-5-2-6-18-10/h1-7H,(H2,15,16). The van der Waals surface area contributed by atoms with Crippen molar-refractivity contribution in [1.29, 1.82) is 0 Å². The second-order valence-electron chi connectivity index (χ2n) is 3.76. The maximum Gasteiger partial charge on any atom is 0.177 e. The van der Waals surface area contributed by atoms with Gasteiger partial charge in [-0.25, -0.2) is 0 Å². The van der Waals surface area contributed by atoms with Crippen LogP contribution in [0.5, 0.6) is 0 Å². The molecule has 90 valence electrons. The smallest absolute Gasteiger partial charge is 0.177 e. The molecular weight excluding hydrogens is 312 g/mol. The van der Waals surface area contributed by atoms with Gasteiger partial charge in [-0.2, -0.15) is 0 Å². The Morgan fingerprint density at radius 3 is 2.83 bits per heavy atom. The number of aromatic nitrogens is 1. The molecule has 0 aliphatic heterocycles. The van der Waals surface area contributed by atoms with E-state index in [1.54, 1.807) is 11.3 Å². The van der Waals surface area contributed by atoms with E-state index in [0.29, 0.717) is 11.6 Å². The van der Waals surface area contributed by atoms with E-state index in [1.165, 1.54) is 0 Å². The van der Waals surface area contributed by atoms with Crippen LogP contribution < -0.4 is 5.73 Å². The summed E-state index contributed by atoms with van der Waals surface area (Å²) in [4.78, 5) is 1.06. The minimum Gasteiger partial charge on any atom is -0.380 e. The fraction of sp³-hybridized carbons (Fsp3) is 0. The van der Waals surface area contributed by atoms with Gasteiger partial charge in [0.1, 0.15) is 0 Å². The molecule has 2 heterocycles. The summed E-state index contributed by atoms with van der Waals surface area (Å²) in [5, 5.41) is 5.88. The summed E-state index contributed by atoms with van der Waals surface area (Å²) >= 11 is 5.06. The largest absolute Gasteiger partial charge is 0.380 e. The summed E-state index contributed by atoms with van der Waals surface area (Å²) < 4.78 is 6.36. The number of nitrogens with two attached hydrogens (primary N) is 1. The predicted molar refractivity (Wildman–Crippen MR) is 77.4 cm³/mol. The monoisotopic (exact) mass is 320 g/mol. The topological polar surface area (TPSA) is 52.0 Å². The zero-order chi connectivity index (χ0) is 12.5. The van der Waals surface area contributed by atoms with Crippen molar-refractivity contribution in [1.82, 2.24) is 5.16 Å². The maximum absolute atomic E-state index is 5.90. The van der Waals surface area contributed by atoms with Crippen LogP contribution in [-0.4, -0.2) is 5.16 Å². The number of halogens is 1. The molecule has 3 nitrogen and oxygen atoms in total. The van der Waals surface area contributed by atoms with Crippen molar-refractivity contribution in [2.45, 2.75) is 0 Å². The van der Waals surface area contributed by atoms with Gasteiger partial charge >= 0.3 is 0 Å². The van der Waals surface area contributed by atoms with Crippen LogP contribution >= 0.6 is 27.3 Å². The molecule has 5 heteroatoms. The Bertz CT molecular complexity index is 676. The van der Waals surface area contributed by atoms with Gasteiger partial charge in [0.15, 0.2) is 11.6 Å². The number of benzene rings is 1. The third kappa shape index (κ3) is 1.95. The maximum atomic E-state index is 5.90. The number of hydrogen-bond acceptors (Lipinski definition) is 4. The van der Waals surface area contributed by atoms with Crippen molar-refractivity contribution in [3.05, 3.63) is 46.3 Å². The number of anilines is 1. The Morgan fingerprint density at radius 2 is 2.11 bits per heavy atom. The van der Waals surface area contributed by atoms with E-state index in [4.69, 9.17) is 10.3 Å². The summed E-state index contributed by atoms with van der Waals surface area (Å²) in [6.45, 7) is 0. The van der Waals surface area contributed by atoms with Crippen LogP contribution in [0, 0.1) is 0 Å². The van der Waals surface area contributed by atoms with Crippen molar-refractivity contribution in [2.24, 2.45) is 0 Å². The van der Waals surface area contributed by atoms with E-state index < -0.39 is 0 Å². The molecule has 0 unspecified atom stereocenters. The Labute approximate surface area is 116 Å². The van der Waals surface area contributed by atoms with Gasteiger partial charge in [0.25, 0.3) is 0 Å². The molecular formula is C13H9BrN2OS. The zero-order valence-corrected chi connectivity index (χ0v) is 11.7. The van der Waals surface area contributed by atoms with Crippen LogP contribution in [0.2, 0.25) is 0 Å². The summed E-state index contributed by atoms with van der Waals surface area (Å²) in [6.07, 6.45) is 0. The van der Waals surface area contributed by atoms with Crippen molar-refractivity contribution >= 4 is 33.1 Å². The molecule has 0 bridgehead atoms. The lowest BCUT2D eigenvalue weighted by Crippen LogP contribution is -1.86. The van der Waals surface area contributed by atoms with Crippen LogP contribution in [0.25, 0.3) is 21.8 Å². The molecule has 0 aliphatic rings. The average Bonchev–Trinajstić information content (AvgIpc) is 2.97. The second-order valence-corrected chi connectivity index (χ2v) is 5.62. The average molecular weight is 321 g/mol. The highest BCUT2D eigenvalue weighted by Gasteiger charge is 2.18. The minimum absolute atomic E-state index is 0.424. The SMILES string of the molecule is Nc1noc(-c2cccc(Br)c2)c1-c1cccs1. The van der Waals surface area contributed by atoms with Gasteiger partial charge in [-0.15, -0.1) is 11.3 Å². The third-order valence-corrected chi connectivity index (χ3v) is 3.95. The van der Waals surface area contributed by atoms with E-state index in [1.807, 2.05) is 41.8 Å². The molecule has 2 aromatic heterocycles. The Kier molecular flexibility index (Phi) is 2.93. The van der Waals surface area contributed by atoms with Gasteiger partial charge in [0.2, 0.25) is 0 Å². The van der Waals surface area contributed by atoms with Crippen LogP contribution in [0.3, 0.4) is 0 Å². The number of nitrogens with zero attached hydrogens (tertiary/aromatic N) is 1. The van der Waals surface area contributed by atoms with Crippen LogP contribution in [0.15, 0.2) is 50.8 Å². The van der Waals surface area contributed by atoms with Crippen LogP contribution in [-0.2, 0) is 0 Å². The van der Waals surface area contributed by atoms with E-state index in [9.17, 15) is 0 Å². The Morgan fingerprint density at radius 1 is 1.22 bits per heavy atom. The lowest BCUT2D eigenvalue weighted by atomic mass is 10.1. The molecule has 0 atom stereocenters. The number of thiophene rings is 1. The highest BCUT2D eigenvalue weighted by molar-refractivity contribution is 9.10. The Balaban J connectivity index is 2.20. The molecule has 1 aromatic carbocycles. The molecule has 3 rings (SSSR count). The van der Waals surface area contributed by atoms with Gasteiger partial charge in [-0.05, 0) is 23.6 Å². The fourth-order valence-corrected chi connectivity index (χ4v) is 2.96. The summed E-state index contributed by atoms with van der Waals surface area (Å²) in [7, 11) is 0. The summed E-state index contributed by atoms with van der Waals surface area (Å²) in [6, 6.07) is 11.9. The second kappa shape index (κ2) is 4.59. The van der Waals surface area contributed by atoms with Gasteiger partial charge in [0.05, 0.1) is 5.56 Å². The molecule has 0 amide bonds. The lowest BCUT2D eigenvalue weighted by Gasteiger charge is -2.00. The van der Waals surface area contributed by atoms with Crippen molar-refractivity contribution in [2.75, 3.05) is 5.73 Å². The quantitative estimate of drug-likeness (QED) is 0.760. The van der Waals surface area contributed by atoms with E-state index in [0.717, 1.165) is 20.5 Å². The van der Waals surface area contributed by atoms with Crippen molar-refractivity contribution < 1.29 is 4.52 Å². The first kappa shape index (κ1) is 11.5. The van der Waals surface area contributed by atoms with E-state index >= 15 is 0 Å². The Hall–Kier alpha value is -1.59. The van der Waals surface area contributed by atoms with Gasteiger partial charge < -0.3 is 10.3 Å². The normalized spacial score (nSPS) is 10.7. The molecule has 0 aliphatic carbocycles. The molecule has 0 saturated carbocycles. The highest BCUT2D eigenvalue weighted by Crippen LogP contribution is 2.39. The van der Waals surface area contributed by atoms with Gasteiger partial charge in [-0.3, -0.25) is 0 Å². The van der Waals surface area contributed by atoms with Crippen LogP contribution in [0.4, 0.5) is 5.82 Å². The minimum atomic E-state index is 0.424. The molecule has 3 aromatic rings. The lowest BCUT2D eigenvalue weighted by molar-refractivity contribution is 0.436. The number of nitrogen functional groups attached to an aromatic ring is 1. The number of rotatable bonds is 2. The summed E-state index contributed by atoms with van der Waals surface area (Å²) in [5.74, 6) is 1.13. The van der Waals surface area contributed by atoms with Gasteiger partial charge in [-0.1, -0.05) is 39.3 Å². The first-order chi connectivity index (χ1) is 8.75. The predicted octanol–water partition coefficient (Wildman–Crippen LogP) is 4.41. The van der Waals surface area contributed by atoms with Crippen molar-refractivity contribution in [3.8, 4) is 21.8 Å². The molecule has 18 heavy (non-hydrogen) atoms. The first-order valence-electron chi connectivity index (χ1n) is 5.30. The first-order valence-corrected chi connectivity index (χ1v) is 6.98. The van der Waals surface area contributed by atoms with E-state index in [-0.39, 0.29) is 0 Å². The van der Waals surface area contributed by atoms with E-state index in [2.05, 4.69) is 21.1 Å². The molecule has 0 saturated heterocycles. The van der Waals surface area contributed by atoms with Crippen LogP contribution in [0.1, 0.15) is 0 Å². The third-order valence-electron chi connectivity index (χ3n) is 2.57. The highest BCUT2D eigenvalue weighted by atomic mass is 79.9. The fourth-order valence-electron chi connectivity index (χ4n) is 1.79. The molecule has 0 radical (unpaired) electrons.